The van der Waals surface area contributed by atoms with E-state index >= 15 is 0 Å². The molecule has 18 heavy (non-hydrogen) atoms. The molecular formula is C13H23N3OS. The highest BCUT2D eigenvalue weighted by molar-refractivity contribution is 7.99. The van der Waals surface area contributed by atoms with Gasteiger partial charge in [0.05, 0.1) is 0 Å². The van der Waals surface area contributed by atoms with Gasteiger partial charge in [-0.1, -0.05) is 13.8 Å². The highest BCUT2D eigenvalue weighted by Crippen LogP contribution is 2.22. The second-order valence-electron chi connectivity index (χ2n) is 4.33. The van der Waals surface area contributed by atoms with Gasteiger partial charge < -0.3 is 10.1 Å². The minimum absolute atomic E-state index is 0.349. The predicted molar refractivity (Wildman–Crippen MR) is 77.5 cm³/mol. The molecule has 1 aromatic heterocycles. The van der Waals surface area contributed by atoms with Crippen LogP contribution in [0.15, 0.2) is 11.1 Å². The number of methoxy groups -OCH3 is 1. The van der Waals surface area contributed by atoms with Gasteiger partial charge >= 0.3 is 0 Å². The Morgan fingerprint density at radius 2 is 2.17 bits per heavy atom. The molecule has 0 saturated carbocycles. The van der Waals surface area contributed by atoms with Crippen molar-refractivity contribution < 1.29 is 4.74 Å². The Kier molecular flexibility index (Phi) is 7.05. The smallest absolute Gasteiger partial charge is 0.134 e. The molecule has 1 rings (SSSR count). The highest BCUT2D eigenvalue weighted by Gasteiger charge is 2.08. The molecule has 0 saturated heterocycles. The van der Waals surface area contributed by atoms with Crippen LogP contribution >= 0.6 is 11.8 Å². The van der Waals surface area contributed by atoms with Crippen molar-refractivity contribution in [2.45, 2.75) is 38.1 Å². The summed E-state index contributed by atoms with van der Waals surface area (Å²) in [6.07, 6.45) is 1.04. The zero-order chi connectivity index (χ0) is 13.4. The number of nitrogens with one attached hydrogen (secondary N) is 1. The van der Waals surface area contributed by atoms with Gasteiger partial charge in [-0.15, -0.1) is 11.8 Å². The number of nitrogens with zero attached hydrogens (tertiary/aromatic N) is 2. The van der Waals surface area contributed by atoms with E-state index in [9.17, 15) is 0 Å². The molecule has 1 N–H and O–H groups in total. The van der Waals surface area contributed by atoms with Crippen molar-refractivity contribution in [2.75, 3.05) is 31.3 Å². The molecule has 0 unspecified atom stereocenters. The van der Waals surface area contributed by atoms with E-state index < -0.39 is 0 Å². The molecule has 0 spiro atoms. The molecule has 4 nitrogen and oxygen atoms in total. The number of rotatable bonds is 8. The van der Waals surface area contributed by atoms with E-state index in [0.29, 0.717) is 5.92 Å². The summed E-state index contributed by atoms with van der Waals surface area (Å²) in [7, 11) is 1.73. The number of ether oxygens (including phenoxy) is 1. The van der Waals surface area contributed by atoms with E-state index in [4.69, 9.17) is 4.74 Å². The van der Waals surface area contributed by atoms with Gasteiger partial charge in [0.15, 0.2) is 0 Å². The van der Waals surface area contributed by atoms with Crippen LogP contribution in [0.2, 0.25) is 0 Å². The monoisotopic (exact) mass is 269 g/mol. The normalized spacial score (nSPS) is 10.9. The van der Waals surface area contributed by atoms with Gasteiger partial charge in [0.1, 0.15) is 16.7 Å². The van der Waals surface area contributed by atoms with Crippen LogP contribution in [-0.2, 0) is 4.74 Å². The predicted octanol–water partition coefficient (Wildman–Crippen LogP) is 3.16. The molecule has 0 aliphatic carbocycles. The lowest BCUT2D eigenvalue weighted by Crippen LogP contribution is -2.05. The Hall–Kier alpha value is -0.810. The van der Waals surface area contributed by atoms with Crippen molar-refractivity contribution in [1.29, 1.82) is 0 Å². The first-order chi connectivity index (χ1) is 8.67. The van der Waals surface area contributed by atoms with Crippen molar-refractivity contribution in [2.24, 2.45) is 0 Å². The SMILES string of the molecule is CCNc1cc(SCCCOC)nc(C(C)C)n1. The second kappa shape index (κ2) is 8.32. The fourth-order valence-electron chi connectivity index (χ4n) is 1.43. The molecule has 0 bridgehead atoms. The summed E-state index contributed by atoms with van der Waals surface area (Å²) >= 11 is 1.76. The fourth-order valence-corrected chi connectivity index (χ4v) is 2.25. The summed E-state index contributed by atoms with van der Waals surface area (Å²) in [6, 6.07) is 2.02. The molecule has 5 heteroatoms. The quantitative estimate of drug-likeness (QED) is 0.446. The van der Waals surface area contributed by atoms with Gasteiger partial charge in [-0.25, -0.2) is 9.97 Å². The van der Waals surface area contributed by atoms with Crippen molar-refractivity contribution in [3.05, 3.63) is 11.9 Å². The van der Waals surface area contributed by atoms with Gasteiger partial charge in [0.25, 0.3) is 0 Å². The van der Waals surface area contributed by atoms with Crippen LogP contribution in [0.4, 0.5) is 5.82 Å². The number of anilines is 1. The zero-order valence-corrected chi connectivity index (χ0v) is 12.5. The largest absolute Gasteiger partial charge is 0.385 e. The van der Waals surface area contributed by atoms with Crippen molar-refractivity contribution >= 4 is 17.6 Å². The number of aromatic nitrogens is 2. The van der Waals surface area contributed by atoms with E-state index in [2.05, 4.69) is 36.1 Å². The van der Waals surface area contributed by atoms with Gasteiger partial charge in [0, 0.05) is 38.0 Å². The van der Waals surface area contributed by atoms with Gasteiger partial charge in [-0.05, 0) is 13.3 Å². The van der Waals surface area contributed by atoms with E-state index in [1.165, 1.54) is 0 Å². The van der Waals surface area contributed by atoms with Gasteiger partial charge in [0.2, 0.25) is 0 Å². The Balaban J connectivity index is 2.69. The van der Waals surface area contributed by atoms with Crippen LogP contribution < -0.4 is 5.32 Å². The van der Waals surface area contributed by atoms with Crippen LogP contribution in [0.5, 0.6) is 0 Å². The highest BCUT2D eigenvalue weighted by atomic mass is 32.2. The van der Waals surface area contributed by atoms with E-state index in [1.807, 2.05) is 6.07 Å². The summed E-state index contributed by atoms with van der Waals surface area (Å²) in [6.45, 7) is 7.98. The summed E-state index contributed by atoms with van der Waals surface area (Å²) in [5, 5.41) is 4.30. The Bertz CT molecular complexity index is 358. The first kappa shape index (κ1) is 15.2. The molecule has 102 valence electrons. The van der Waals surface area contributed by atoms with Crippen molar-refractivity contribution in [1.82, 2.24) is 9.97 Å². The zero-order valence-electron chi connectivity index (χ0n) is 11.7. The van der Waals surface area contributed by atoms with Crippen LogP contribution in [-0.4, -0.2) is 36.0 Å². The standard InChI is InChI=1S/C13H23N3OS/c1-5-14-11-9-12(18-8-6-7-17-4)16-13(15-11)10(2)3/h9-10H,5-8H2,1-4H3,(H,14,15,16). The second-order valence-corrected chi connectivity index (χ2v) is 5.44. The average Bonchev–Trinajstić information content (AvgIpc) is 2.35. The number of hydrogen-bond acceptors (Lipinski definition) is 5. The number of hydrogen-bond donors (Lipinski definition) is 1. The molecule has 0 atom stereocenters. The third-order valence-electron chi connectivity index (χ3n) is 2.34. The average molecular weight is 269 g/mol. The molecule has 0 aliphatic rings. The lowest BCUT2D eigenvalue weighted by Gasteiger charge is -2.10. The van der Waals surface area contributed by atoms with E-state index in [-0.39, 0.29) is 0 Å². The molecule has 1 heterocycles. The lowest BCUT2D eigenvalue weighted by molar-refractivity contribution is 0.200. The maximum Gasteiger partial charge on any atom is 0.134 e. The molecule has 0 fully saturated rings. The van der Waals surface area contributed by atoms with E-state index in [0.717, 1.165) is 42.0 Å². The fraction of sp³-hybridized carbons (Fsp3) is 0.692. The van der Waals surface area contributed by atoms with Gasteiger partial charge in [-0.3, -0.25) is 0 Å². The molecule has 0 aromatic carbocycles. The third-order valence-corrected chi connectivity index (χ3v) is 3.33. The maximum absolute atomic E-state index is 5.05. The maximum atomic E-state index is 5.05. The first-order valence-corrected chi connectivity index (χ1v) is 7.40. The van der Waals surface area contributed by atoms with Crippen molar-refractivity contribution in [3.8, 4) is 0 Å². The van der Waals surface area contributed by atoms with Crippen LogP contribution in [0.1, 0.15) is 38.9 Å². The van der Waals surface area contributed by atoms with E-state index in [1.54, 1.807) is 18.9 Å². The Labute approximate surface area is 114 Å². The van der Waals surface area contributed by atoms with Crippen LogP contribution in [0.25, 0.3) is 0 Å². The number of thioether (sulfide) groups is 1. The first-order valence-electron chi connectivity index (χ1n) is 6.42. The molecule has 1 aromatic rings. The molecule has 0 aliphatic heterocycles. The van der Waals surface area contributed by atoms with Crippen molar-refractivity contribution in [3.63, 3.8) is 0 Å². The van der Waals surface area contributed by atoms with Crippen LogP contribution in [0, 0.1) is 0 Å². The molecule has 0 radical (unpaired) electrons. The minimum atomic E-state index is 0.349. The summed E-state index contributed by atoms with van der Waals surface area (Å²) in [5.74, 6) is 3.20. The summed E-state index contributed by atoms with van der Waals surface area (Å²) < 4.78 is 5.05. The lowest BCUT2D eigenvalue weighted by atomic mass is 10.2. The van der Waals surface area contributed by atoms with Gasteiger partial charge in [-0.2, -0.15) is 0 Å². The Morgan fingerprint density at radius 1 is 1.39 bits per heavy atom. The Morgan fingerprint density at radius 3 is 2.78 bits per heavy atom. The molecule has 0 amide bonds. The summed E-state index contributed by atoms with van der Waals surface area (Å²) in [5.41, 5.74) is 0. The summed E-state index contributed by atoms with van der Waals surface area (Å²) in [4.78, 5) is 9.09. The topological polar surface area (TPSA) is 47.0 Å². The van der Waals surface area contributed by atoms with Crippen LogP contribution in [0.3, 0.4) is 0 Å². The third kappa shape index (κ3) is 5.23. The molecular weight excluding hydrogens is 246 g/mol. The minimum Gasteiger partial charge on any atom is -0.385 e.